The number of halogens is 3. The molecule has 0 bridgehead atoms. The Bertz CT molecular complexity index is 8200. The highest BCUT2D eigenvalue weighted by Gasteiger charge is 2.51. The summed E-state index contributed by atoms with van der Waals surface area (Å²) in [7, 11) is 0. The third-order valence-corrected chi connectivity index (χ3v) is 27.1. The summed E-state index contributed by atoms with van der Waals surface area (Å²) in [5.41, 5.74) is 21.4. The molecule has 0 aliphatic heterocycles. The van der Waals surface area contributed by atoms with Gasteiger partial charge in [0.2, 0.25) is 0 Å². The van der Waals surface area contributed by atoms with Gasteiger partial charge in [0.15, 0.2) is 11.6 Å². The Morgan fingerprint density at radius 3 is 0.816 bits per heavy atom. The monoisotopic (exact) mass is 1800 g/mol. The molecule has 2 atom stereocenters. The molecule has 0 saturated heterocycles. The van der Waals surface area contributed by atoms with E-state index < -0.39 is 11.2 Å². The van der Waals surface area contributed by atoms with Gasteiger partial charge in [0.1, 0.15) is 11.2 Å². The zero-order valence-electron chi connectivity index (χ0n) is 67.0. The molecule has 2 N–H and O–H groups in total. The molecule has 25 rings (SSSR count). The molecule has 2 aliphatic carbocycles. The third kappa shape index (κ3) is 12.0. The summed E-state index contributed by atoms with van der Waals surface area (Å²) in [5, 5.41) is 41.3. The molecule has 125 heavy (non-hydrogen) atoms. The fourth-order valence-electron chi connectivity index (χ4n) is 20.1. The van der Waals surface area contributed by atoms with Crippen LogP contribution in [0.2, 0.25) is 0 Å². The molecule has 8 nitrogen and oxygen atoms in total. The maximum Gasteiger partial charge on any atom is 0.194 e. The van der Waals surface area contributed by atoms with Crippen LogP contribution in [0.25, 0.3) is 154 Å². The van der Waals surface area contributed by atoms with Gasteiger partial charge in [-0.3, -0.25) is 9.59 Å². The van der Waals surface area contributed by atoms with Crippen LogP contribution in [0, 0.1) is 0 Å². The molecule has 23 aromatic rings. The second-order valence-corrected chi connectivity index (χ2v) is 34.9. The number of aromatic nitrogens is 4. The topological polar surface area (TPSA) is 94.3 Å². The van der Waals surface area contributed by atoms with E-state index in [0.717, 1.165) is 63.8 Å². The molecule has 4 aromatic heterocycles. The fourth-order valence-corrected chi connectivity index (χ4v) is 21.1. The minimum Gasteiger partial charge on any atom is -0.376 e. The van der Waals surface area contributed by atoms with E-state index in [1.54, 1.807) is 42.5 Å². The smallest absolute Gasteiger partial charge is 0.194 e. The molecule has 11 heteroatoms. The van der Waals surface area contributed by atoms with Crippen LogP contribution in [0.1, 0.15) is 65.2 Å². The summed E-state index contributed by atoms with van der Waals surface area (Å²) >= 11 is 10.9. The van der Waals surface area contributed by atoms with Gasteiger partial charge in [-0.25, -0.2) is 0 Å². The first-order valence-corrected chi connectivity index (χ1v) is 44.1. The van der Waals surface area contributed by atoms with E-state index in [-0.39, 0.29) is 11.6 Å². The van der Waals surface area contributed by atoms with Crippen LogP contribution in [-0.4, -0.2) is 40.0 Å². The zero-order chi connectivity index (χ0) is 83.9. The molecular formula is C114H71Br3N4O4. The second-order valence-electron chi connectivity index (χ2n) is 32.2. The number of benzene rings is 19. The molecule has 0 amide bonds. The standard InChI is InChI=1S/C50H33BrN2O2.C50H31BrN2.C14H7BrO2/c51-34-25-30-43-44(31-34)50(55,33-23-28-36(29-24-33)53-47-19-9-3-13-39(47)40-14-4-10-20-48(40)53)42-16-6-5-15-41(42)49(43,54)32-21-26-35(27-22-32)52-45-17-7-1-11-37(45)38-12-2-8-18-46(38)52;51-34-25-30-43-44(31-34)50(33-23-28-36(29-24-33)53-47-19-9-5-13-39(47)40-14-6-10-20-48(40)53)42-16-2-1-15-41(42)49(43)32-21-26-35(27-22-32)52-45-17-7-3-11-37(45)38-12-4-8-18-46(38)52;15-8-5-6-11-12(7-8)14(17)10-4-2-1-3-9(10)13(11)16/h1-31,54-55H;1-31H;1-7H. The van der Waals surface area contributed by atoms with Crippen LogP contribution in [-0.2, 0) is 11.2 Å². The van der Waals surface area contributed by atoms with Crippen molar-refractivity contribution in [1.82, 2.24) is 18.3 Å². The first kappa shape index (κ1) is 75.6. The Hall–Kier alpha value is -14.4. The van der Waals surface area contributed by atoms with Gasteiger partial charge >= 0.3 is 0 Å². The van der Waals surface area contributed by atoms with Gasteiger partial charge in [0.05, 0.1) is 44.1 Å². The molecule has 592 valence electrons. The SMILES string of the molecule is Brc1ccc2c(-c3ccc(-n4c5ccccc5c5ccccc54)cc3)c3ccccc3c(-c3ccc(-n4c5ccccc5c5ccccc54)cc3)c2c1.O=C1c2ccccc2C(=O)c2cc(Br)ccc21.OC1(c2ccc(-n3c4ccccc4c4ccccc43)cc2)c2ccccc2C(O)(c2ccc(-n3c4ccccc4c4ccccc43)cc2)c2cc(Br)ccc21. The van der Waals surface area contributed by atoms with E-state index in [0.29, 0.717) is 50.1 Å². The maximum absolute atomic E-state index is 13.2. The number of aliphatic hydroxyl groups is 2. The Labute approximate surface area is 744 Å². The van der Waals surface area contributed by atoms with Gasteiger partial charge in [-0.1, -0.05) is 327 Å². The normalized spacial score (nSPS) is 14.7. The van der Waals surface area contributed by atoms with E-state index in [2.05, 4.69) is 375 Å². The van der Waals surface area contributed by atoms with E-state index in [1.165, 1.54) is 109 Å². The van der Waals surface area contributed by atoms with Crippen molar-refractivity contribution >= 4 is 168 Å². The van der Waals surface area contributed by atoms with Crippen molar-refractivity contribution in [3.8, 4) is 45.0 Å². The summed E-state index contributed by atoms with van der Waals surface area (Å²) in [6.45, 7) is 0. The van der Waals surface area contributed by atoms with Crippen molar-refractivity contribution < 1.29 is 19.8 Å². The number of para-hydroxylation sites is 8. The number of carbonyl (C=O) groups is 2. The maximum atomic E-state index is 13.2. The summed E-state index contributed by atoms with van der Waals surface area (Å²) in [4.78, 5) is 24.4. The van der Waals surface area contributed by atoms with E-state index in [9.17, 15) is 19.8 Å². The van der Waals surface area contributed by atoms with Gasteiger partial charge in [-0.05, 0) is 211 Å². The van der Waals surface area contributed by atoms with Crippen LogP contribution in [0.3, 0.4) is 0 Å². The zero-order valence-corrected chi connectivity index (χ0v) is 71.7. The highest BCUT2D eigenvalue weighted by atomic mass is 79.9. The average Bonchev–Trinajstić information content (AvgIpc) is 1.28. The van der Waals surface area contributed by atoms with E-state index >= 15 is 0 Å². The van der Waals surface area contributed by atoms with Crippen LogP contribution in [0.4, 0.5) is 0 Å². The third-order valence-electron chi connectivity index (χ3n) is 25.6. The number of nitrogens with zero attached hydrogens (tertiary/aromatic N) is 4. The van der Waals surface area contributed by atoms with Crippen molar-refractivity contribution in [2.75, 3.05) is 0 Å². The summed E-state index contributed by atoms with van der Waals surface area (Å²) in [6, 6.07) is 145. The van der Waals surface area contributed by atoms with Gasteiger partial charge in [-0.2, -0.15) is 0 Å². The van der Waals surface area contributed by atoms with Crippen molar-refractivity contribution in [1.29, 1.82) is 0 Å². The molecule has 4 heterocycles. The molecular weight excluding hydrogens is 1730 g/mol. The van der Waals surface area contributed by atoms with Crippen LogP contribution in [0.15, 0.2) is 432 Å². The number of fused-ring (bicyclic) bond motifs is 18. The summed E-state index contributed by atoms with van der Waals surface area (Å²) in [6.07, 6.45) is 0. The van der Waals surface area contributed by atoms with Crippen molar-refractivity contribution in [3.05, 3.63) is 488 Å². The van der Waals surface area contributed by atoms with Crippen LogP contribution in [0.5, 0.6) is 0 Å². The number of ketones is 2. The first-order chi connectivity index (χ1) is 61.4. The highest BCUT2D eigenvalue weighted by Crippen LogP contribution is 2.55. The number of hydrogen-bond donors (Lipinski definition) is 2. The van der Waals surface area contributed by atoms with Crippen LogP contribution >= 0.6 is 47.8 Å². The molecule has 2 unspecified atom stereocenters. The largest absolute Gasteiger partial charge is 0.376 e. The predicted molar refractivity (Wildman–Crippen MR) is 523 cm³/mol. The summed E-state index contributed by atoms with van der Waals surface area (Å²) in [5.74, 6) is -0.167. The molecule has 0 spiro atoms. The first-order valence-electron chi connectivity index (χ1n) is 41.7. The Balaban J connectivity index is 0.000000121. The molecule has 2 aliphatic rings. The predicted octanol–water partition coefficient (Wildman–Crippen LogP) is 29.0. The van der Waals surface area contributed by atoms with Gasteiger partial charge < -0.3 is 28.5 Å². The molecule has 0 saturated carbocycles. The molecule has 0 fully saturated rings. The van der Waals surface area contributed by atoms with Crippen LogP contribution < -0.4 is 0 Å². The summed E-state index contributed by atoms with van der Waals surface area (Å²) < 4.78 is 12.0. The lowest BCUT2D eigenvalue weighted by molar-refractivity contribution is 0.0747. The second kappa shape index (κ2) is 30.0. The van der Waals surface area contributed by atoms with Crippen molar-refractivity contribution in [2.24, 2.45) is 0 Å². The Morgan fingerprint density at radius 1 is 0.200 bits per heavy atom. The minimum absolute atomic E-state index is 0.0808. The van der Waals surface area contributed by atoms with Crippen molar-refractivity contribution in [3.63, 3.8) is 0 Å². The lowest BCUT2D eigenvalue weighted by Crippen LogP contribution is -2.44. The molecule has 19 aromatic carbocycles. The number of carbonyl (C=O) groups excluding carboxylic acids is 2. The minimum atomic E-state index is -1.55. The molecule has 0 radical (unpaired) electrons. The fraction of sp³-hybridized carbons (Fsp3) is 0.0175. The van der Waals surface area contributed by atoms with E-state index in [1.807, 2.05) is 66.7 Å². The Kier molecular flexibility index (Phi) is 18.1. The Morgan fingerprint density at radius 2 is 0.448 bits per heavy atom. The number of rotatable bonds is 8. The lowest BCUT2D eigenvalue weighted by atomic mass is 9.63. The van der Waals surface area contributed by atoms with Gasteiger partial charge in [0, 0.05) is 107 Å². The van der Waals surface area contributed by atoms with E-state index in [4.69, 9.17) is 0 Å². The van der Waals surface area contributed by atoms with Gasteiger partial charge in [-0.15, -0.1) is 0 Å². The quantitative estimate of drug-likeness (QED) is 0.148. The number of hydrogen-bond acceptors (Lipinski definition) is 4. The highest BCUT2D eigenvalue weighted by molar-refractivity contribution is 9.11. The lowest BCUT2D eigenvalue weighted by Gasteiger charge is -2.45. The van der Waals surface area contributed by atoms with Crippen molar-refractivity contribution in [2.45, 2.75) is 11.2 Å². The van der Waals surface area contributed by atoms with Gasteiger partial charge in [0.25, 0.3) is 0 Å². The average molecular weight is 1800 g/mol.